The number of aliphatic carboxylic acids is 1. The first-order chi connectivity index (χ1) is 21.5. The molecule has 0 radical (unpaired) electrons. The van der Waals surface area contributed by atoms with Crippen molar-refractivity contribution in [3.63, 3.8) is 0 Å². The minimum Gasteiger partial charge on any atom is -0.475 e. The second-order valence-electron chi connectivity index (χ2n) is 9.59. The van der Waals surface area contributed by atoms with Gasteiger partial charge in [0.1, 0.15) is 12.0 Å². The minimum atomic E-state index is -5.08. The zero-order valence-corrected chi connectivity index (χ0v) is 23.8. The lowest BCUT2D eigenvalue weighted by atomic mass is 10.0. The molecule has 0 spiro atoms. The van der Waals surface area contributed by atoms with Crippen LogP contribution in [0.1, 0.15) is 18.0 Å². The molecule has 11 nitrogen and oxygen atoms in total. The zero-order chi connectivity index (χ0) is 32.2. The Labute approximate surface area is 253 Å². The van der Waals surface area contributed by atoms with Crippen molar-refractivity contribution in [3.05, 3.63) is 103 Å². The second-order valence-corrected chi connectivity index (χ2v) is 11.3. The molecule has 0 fully saturated rings. The Hall–Kier alpha value is -5.75. The maximum atomic E-state index is 13.3. The van der Waals surface area contributed by atoms with E-state index in [9.17, 15) is 26.9 Å². The quantitative estimate of drug-likeness (QED) is 0.195. The summed E-state index contributed by atoms with van der Waals surface area (Å²) in [6, 6.07) is 23.4. The molecule has 1 atom stereocenters. The molecule has 0 saturated heterocycles. The molecule has 0 aliphatic heterocycles. The first-order valence-electron chi connectivity index (χ1n) is 13.1. The van der Waals surface area contributed by atoms with E-state index >= 15 is 0 Å². The van der Waals surface area contributed by atoms with Crippen molar-refractivity contribution in [1.29, 1.82) is 5.26 Å². The number of H-pyrrole nitrogens is 1. The van der Waals surface area contributed by atoms with Gasteiger partial charge in [-0.15, -0.1) is 0 Å². The molecule has 1 unspecified atom stereocenters. The number of halogens is 3. The highest BCUT2D eigenvalue weighted by Gasteiger charge is 2.38. The summed E-state index contributed by atoms with van der Waals surface area (Å²) in [5.41, 5.74) is 3.32. The van der Waals surface area contributed by atoms with Crippen molar-refractivity contribution in [2.75, 3.05) is 4.72 Å². The molecule has 0 bridgehead atoms. The van der Waals surface area contributed by atoms with Crippen molar-refractivity contribution >= 4 is 43.5 Å². The van der Waals surface area contributed by atoms with E-state index in [1.54, 1.807) is 47.4 Å². The number of carboxylic acids is 1. The van der Waals surface area contributed by atoms with Crippen molar-refractivity contribution < 1.29 is 31.5 Å². The van der Waals surface area contributed by atoms with Gasteiger partial charge in [0.15, 0.2) is 0 Å². The van der Waals surface area contributed by atoms with Crippen LogP contribution in [0.4, 0.5) is 18.9 Å². The molecule has 6 rings (SSSR count). The van der Waals surface area contributed by atoms with Crippen LogP contribution in [0, 0.1) is 11.3 Å². The smallest absolute Gasteiger partial charge is 0.475 e. The predicted molar refractivity (Wildman–Crippen MR) is 158 cm³/mol. The van der Waals surface area contributed by atoms with E-state index in [1.807, 2.05) is 42.6 Å². The highest BCUT2D eigenvalue weighted by molar-refractivity contribution is 7.92. The standard InChI is InChI=1S/C28H21N7O2S.C2HF3O2/c29-12-10-26(35-17-22(16-33-35)27-25-11-13-30-28(25)32-18-31-27)21-6-3-7-24(15-21)38(36,37)34-23-9-8-19-4-1-2-5-20(19)14-23;3-2(4,5)1(6)7/h1-9,11,13-18,26,34H,10H2,(H,30,31,32);(H,6,7). The van der Waals surface area contributed by atoms with E-state index in [2.05, 4.69) is 30.8 Å². The average molecular weight is 634 g/mol. The molecule has 0 amide bonds. The number of hydrogen-bond acceptors (Lipinski definition) is 7. The van der Waals surface area contributed by atoms with E-state index in [0.29, 0.717) is 22.6 Å². The van der Waals surface area contributed by atoms with Crippen LogP contribution in [0.25, 0.3) is 33.1 Å². The summed E-state index contributed by atoms with van der Waals surface area (Å²) in [7, 11) is -3.87. The molecule has 228 valence electrons. The van der Waals surface area contributed by atoms with E-state index < -0.39 is 28.2 Å². The summed E-state index contributed by atoms with van der Waals surface area (Å²) < 4.78 is 62.6. The summed E-state index contributed by atoms with van der Waals surface area (Å²) >= 11 is 0. The molecule has 15 heteroatoms. The van der Waals surface area contributed by atoms with Crippen molar-refractivity contribution in [2.24, 2.45) is 0 Å². The number of nitrogens with zero attached hydrogens (tertiary/aromatic N) is 5. The van der Waals surface area contributed by atoms with Gasteiger partial charge in [-0.05, 0) is 46.7 Å². The predicted octanol–water partition coefficient (Wildman–Crippen LogP) is 5.91. The number of fused-ring (bicyclic) bond motifs is 2. The van der Waals surface area contributed by atoms with Gasteiger partial charge in [0.2, 0.25) is 0 Å². The van der Waals surface area contributed by atoms with Gasteiger partial charge in [0, 0.05) is 29.0 Å². The largest absolute Gasteiger partial charge is 0.490 e. The van der Waals surface area contributed by atoms with Crippen LogP contribution in [-0.2, 0) is 14.8 Å². The first kappa shape index (κ1) is 30.7. The lowest BCUT2D eigenvalue weighted by Crippen LogP contribution is -2.21. The number of alkyl halides is 3. The highest BCUT2D eigenvalue weighted by atomic mass is 32.2. The third-order valence-corrected chi connectivity index (χ3v) is 8.01. The van der Waals surface area contributed by atoms with Gasteiger partial charge in [-0.1, -0.05) is 42.5 Å². The maximum absolute atomic E-state index is 13.3. The molecule has 3 heterocycles. The molecular formula is C30H22F3N7O4S. The first-order valence-corrected chi connectivity index (χ1v) is 14.6. The number of nitriles is 1. The van der Waals surface area contributed by atoms with Crippen LogP contribution in [0.5, 0.6) is 0 Å². The van der Waals surface area contributed by atoms with Gasteiger partial charge in [-0.25, -0.2) is 23.2 Å². The van der Waals surface area contributed by atoms with Gasteiger partial charge in [0.05, 0.1) is 35.3 Å². The fourth-order valence-corrected chi connectivity index (χ4v) is 5.64. The number of carboxylic acid groups (broad SMARTS) is 1. The van der Waals surface area contributed by atoms with Crippen LogP contribution >= 0.6 is 0 Å². The molecule has 45 heavy (non-hydrogen) atoms. The van der Waals surface area contributed by atoms with E-state index in [-0.39, 0.29) is 11.3 Å². The Bertz CT molecular complexity index is 2150. The van der Waals surface area contributed by atoms with Crippen LogP contribution in [0.15, 0.2) is 103 Å². The van der Waals surface area contributed by atoms with Crippen molar-refractivity contribution in [3.8, 4) is 17.3 Å². The molecule has 0 aliphatic carbocycles. The van der Waals surface area contributed by atoms with Gasteiger partial charge < -0.3 is 10.1 Å². The number of benzene rings is 3. The van der Waals surface area contributed by atoms with E-state index in [0.717, 1.165) is 21.7 Å². The van der Waals surface area contributed by atoms with Gasteiger partial charge >= 0.3 is 12.1 Å². The lowest BCUT2D eigenvalue weighted by molar-refractivity contribution is -0.192. The number of hydrogen-bond donors (Lipinski definition) is 3. The Morgan fingerprint density at radius 1 is 1.04 bits per heavy atom. The number of anilines is 1. The summed E-state index contributed by atoms with van der Waals surface area (Å²) in [6.45, 7) is 0. The second kappa shape index (κ2) is 12.5. The monoisotopic (exact) mass is 633 g/mol. The van der Waals surface area contributed by atoms with Crippen LogP contribution in [-0.4, -0.2) is 50.4 Å². The third kappa shape index (κ3) is 6.92. The number of rotatable bonds is 7. The SMILES string of the molecule is N#CCC(c1cccc(S(=O)(=O)Nc2ccc3ccccc3c2)c1)n1cc(-c2ncnc3[nH]ccc23)cn1.O=C(O)C(F)(F)F. The molecule has 3 N–H and O–H groups in total. The van der Waals surface area contributed by atoms with Gasteiger partial charge in [-0.2, -0.15) is 23.5 Å². The van der Waals surface area contributed by atoms with Crippen LogP contribution < -0.4 is 4.72 Å². The van der Waals surface area contributed by atoms with Crippen molar-refractivity contribution in [2.45, 2.75) is 23.5 Å². The Balaban J connectivity index is 0.000000515. The lowest BCUT2D eigenvalue weighted by Gasteiger charge is -2.16. The summed E-state index contributed by atoms with van der Waals surface area (Å²) in [5, 5.41) is 24.0. The Morgan fingerprint density at radius 2 is 1.80 bits per heavy atom. The summed E-state index contributed by atoms with van der Waals surface area (Å²) in [5.74, 6) is -2.76. The molecular weight excluding hydrogens is 611 g/mol. The normalized spacial score (nSPS) is 12.2. The van der Waals surface area contributed by atoms with E-state index in [1.165, 1.54) is 12.4 Å². The summed E-state index contributed by atoms with van der Waals surface area (Å²) in [6.07, 6.45) is 1.79. The van der Waals surface area contributed by atoms with E-state index in [4.69, 9.17) is 9.90 Å². The number of aromatic nitrogens is 5. The number of aromatic amines is 1. The number of nitrogens with one attached hydrogen (secondary N) is 2. The third-order valence-electron chi connectivity index (χ3n) is 6.63. The van der Waals surface area contributed by atoms with Crippen LogP contribution in [0.2, 0.25) is 0 Å². The topological polar surface area (TPSA) is 167 Å². The summed E-state index contributed by atoms with van der Waals surface area (Å²) in [4.78, 5) is 20.7. The van der Waals surface area contributed by atoms with Crippen LogP contribution in [0.3, 0.4) is 0 Å². The molecule has 3 aromatic heterocycles. The van der Waals surface area contributed by atoms with Gasteiger partial charge in [0.25, 0.3) is 10.0 Å². The average Bonchev–Trinajstić information content (AvgIpc) is 3.70. The fraction of sp³-hybridized carbons (Fsp3) is 0.100. The van der Waals surface area contributed by atoms with Crippen molar-refractivity contribution in [1.82, 2.24) is 24.7 Å². The zero-order valence-electron chi connectivity index (χ0n) is 23.0. The Morgan fingerprint density at radius 3 is 2.53 bits per heavy atom. The maximum Gasteiger partial charge on any atom is 0.490 e. The fourth-order valence-electron chi connectivity index (χ4n) is 4.54. The number of carbonyl (C=O) groups is 1. The molecule has 0 aliphatic rings. The molecule has 0 saturated carbocycles. The van der Waals surface area contributed by atoms with Gasteiger partial charge in [-0.3, -0.25) is 9.40 Å². The highest BCUT2D eigenvalue weighted by Crippen LogP contribution is 2.29. The Kier molecular flexibility index (Phi) is 8.50. The minimum absolute atomic E-state index is 0.100. The molecule has 6 aromatic rings. The molecule has 3 aromatic carbocycles. The number of sulfonamides is 1.